The Hall–Kier alpha value is -1.95. The van der Waals surface area contributed by atoms with E-state index in [2.05, 4.69) is 29.5 Å². The predicted molar refractivity (Wildman–Crippen MR) is 87.4 cm³/mol. The molecule has 0 saturated carbocycles. The number of Topliss-reactive ketones (excluding diaryl/α,β-unsaturated/α-hetero) is 1. The van der Waals surface area contributed by atoms with Crippen LogP contribution in [0.1, 0.15) is 38.4 Å². The second kappa shape index (κ2) is 6.44. The molecule has 2 aromatic rings. The molecule has 1 N–H and O–H groups in total. The van der Waals surface area contributed by atoms with Gasteiger partial charge in [0.25, 0.3) is 11.7 Å². The van der Waals surface area contributed by atoms with E-state index in [0.29, 0.717) is 17.0 Å². The second-order valence-corrected chi connectivity index (χ2v) is 6.96. The average Bonchev–Trinajstić information content (AvgIpc) is 2.93. The van der Waals surface area contributed by atoms with Crippen molar-refractivity contribution in [1.82, 2.24) is 15.1 Å². The summed E-state index contributed by atoms with van der Waals surface area (Å²) in [7, 11) is 1.76. The van der Waals surface area contributed by atoms with Gasteiger partial charge >= 0.3 is 0 Å². The number of ketones is 1. The van der Waals surface area contributed by atoms with Crippen LogP contribution in [0.3, 0.4) is 0 Å². The molecule has 0 radical (unpaired) electrons. The Balaban J connectivity index is 2.03. The maximum absolute atomic E-state index is 12.3. The third-order valence-electron chi connectivity index (χ3n) is 3.62. The van der Waals surface area contributed by atoms with Crippen molar-refractivity contribution in [2.75, 3.05) is 0 Å². The SMILES string of the molecule is Cc1ccc(C[C@@H](C)NC(=O)C(=O)c2c(C)nn(C)c2C)s1. The Morgan fingerprint density at radius 3 is 2.50 bits per heavy atom. The molecule has 0 saturated heterocycles. The monoisotopic (exact) mass is 319 g/mol. The molecule has 2 aromatic heterocycles. The summed E-state index contributed by atoms with van der Waals surface area (Å²) in [4.78, 5) is 26.9. The predicted octanol–water partition coefficient (Wildman–Crippen LogP) is 2.34. The number of amides is 1. The fourth-order valence-electron chi connectivity index (χ4n) is 2.45. The van der Waals surface area contributed by atoms with Gasteiger partial charge in [-0.2, -0.15) is 5.10 Å². The highest BCUT2D eigenvalue weighted by atomic mass is 32.1. The molecular formula is C16H21N3O2S. The first-order chi connectivity index (χ1) is 10.3. The first kappa shape index (κ1) is 16.4. The number of carbonyl (C=O) groups excluding carboxylic acids is 2. The van der Waals surface area contributed by atoms with E-state index in [1.54, 1.807) is 36.9 Å². The van der Waals surface area contributed by atoms with Crippen molar-refractivity contribution < 1.29 is 9.59 Å². The smallest absolute Gasteiger partial charge is 0.292 e. The Labute approximate surface area is 134 Å². The van der Waals surface area contributed by atoms with E-state index in [0.717, 1.165) is 6.42 Å². The van der Waals surface area contributed by atoms with Gasteiger partial charge in [0.05, 0.1) is 11.3 Å². The third-order valence-corrected chi connectivity index (χ3v) is 4.65. The summed E-state index contributed by atoms with van der Waals surface area (Å²) in [5.74, 6) is -1.09. The molecule has 0 aliphatic carbocycles. The molecule has 0 aliphatic rings. The molecule has 0 spiro atoms. The molecule has 118 valence electrons. The quantitative estimate of drug-likeness (QED) is 0.679. The van der Waals surface area contributed by atoms with Crippen molar-refractivity contribution in [2.24, 2.45) is 7.05 Å². The van der Waals surface area contributed by atoms with Crippen LogP contribution in [-0.2, 0) is 18.3 Å². The lowest BCUT2D eigenvalue weighted by molar-refractivity contribution is -0.117. The van der Waals surface area contributed by atoms with E-state index >= 15 is 0 Å². The summed E-state index contributed by atoms with van der Waals surface area (Å²) < 4.78 is 1.62. The maximum Gasteiger partial charge on any atom is 0.292 e. The Bertz CT molecular complexity index is 715. The molecule has 22 heavy (non-hydrogen) atoms. The van der Waals surface area contributed by atoms with Crippen molar-refractivity contribution >= 4 is 23.0 Å². The normalized spacial score (nSPS) is 12.2. The zero-order chi connectivity index (χ0) is 16.4. The van der Waals surface area contributed by atoms with E-state index < -0.39 is 11.7 Å². The van der Waals surface area contributed by atoms with Gasteiger partial charge in [0.2, 0.25) is 0 Å². The van der Waals surface area contributed by atoms with Crippen molar-refractivity contribution in [3.8, 4) is 0 Å². The molecule has 0 fully saturated rings. The molecular weight excluding hydrogens is 298 g/mol. The highest BCUT2D eigenvalue weighted by molar-refractivity contribution is 7.11. The summed E-state index contributed by atoms with van der Waals surface area (Å²) in [6.07, 6.45) is 0.725. The van der Waals surface area contributed by atoms with Crippen LogP contribution >= 0.6 is 11.3 Å². The van der Waals surface area contributed by atoms with Gasteiger partial charge in [0, 0.05) is 35.0 Å². The fraction of sp³-hybridized carbons (Fsp3) is 0.438. The number of carbonyl (C=O) groups is 2. The van der Waals surface area contributed by atoms with E-state index in [9.17, 15) is 9.59 Å². The van der Waals surface area contributed by atoms with E-state index in [-0.39, 0.29) is 6.04 Å². The minimum Gasteiger partial charge on any atom is -0.346 e. The van der Waals surface area contributed by atoms with Gasteiger partial charge in [-0.3, -0.25) is 14.3 Å². The largest absolute Gasteiger partial charge is 0.346 e. The highest BCUT2D eigenvalue weighted by Gasteiger charge is 2.24. The van der Waals surface area contributed by atoms with Gasteiger partial charge in [-0.1, -0.05) is 0 Å². The molecule has 2 heterocycles. The number of nitrogens with zero attached hydrogens (tertiary/aromatic N) is 2. The standard InChI is InChI=1S/C16H21N3O2S/c1-9(8-13-7-6-10(2)22-13)17-16(21)15(20)14-11(3)18-19(5)12(14)4/h6-7,9H,8H2,1-5H3,(H,17,21)/t9-/m1/s1. The lowest BCUT2D eigenvalue weighted by atomic mass is 10.1. The lowest BCUT2D eigenvalue weighted by Gasteiger charge is -2.12. The summed E-state index contributed by atoms with van der Waals surface area (Å²) in [5, 5.41) is 6.96. The van der Waals surface area contributed by atoms with Crippen LogP contribution in [0.2, 0.25) is 0 Å². The van der Waals surface area contributed by atoms with Crippen molar-refractivity contribution in [3.05, 3.63) is 38.8 Å². The summed E-state index contributed by atoms with van der Waals surface area (Å²) >= 11 is 1.71. The van der Waals surface area contributed by atoms with Gasteiger partial charge in [-0.15, -0.1) is 11.3 Å². The highest BCUT2D eigenvalue weighted by Crippen LogP contribution is 2.17. The summed E-state index contributed by atoms with van der Waals surface area (Å²) in [6.45, 7) is 7.49. The van der Waals surface area contributed by atoms with E-state index in [1.807, 2.05) is 6.92 Å². The molecule has 0 bridgehead atoms. The van der Waals surface area contributed by atoms with Crippen LogP contribution in [0, 0.1) is 20.8 Å². The first-order valence-electron chi connectivity index (χ1n) is 7.20. The van der Waals surface area contributed by atoms with Crippen molar-refractivity contribution in [1.29, 1.82) is 0 Å². The third kappa shape index (κ3) is 3.44. The molecule has 1 atom stereocenters. The summed E-state index contributed by atoms with van der Waals surface area (Å²) in [5.41, 5.74) is 1.69. The molecule has 5 nitrogen and oxygen atoms in total. The number of hydrogen-bond donors (Lipinski definition) is 1. The van der Waals surface area contributed by atoms with Crippen LogP contribution in [-0.4, -0.2) is 27.5 Å². The summed E-state index contributed by atoms with van der Waals surface area (Å²) in [6, 6.07) is 4.02. The lowest BCUT2D eigenvalue weighted by Crippen LogP contribution is -2.39. The van der Waals surface area contributed by atoms with Crippen LogP contribution in [0.5, 0.6) is 0 Å². The first-order valence-corrected chi connectivity index (χ1v) is 8.02. The molecule has 1 amide bonds. The van der Waals surface area contributed by atoms with Gasteiger partial charge in [0.15, 0.2) is 0 Å². The number of hydrogen-bond acceptors (Lipinski definition) is 4. The van der Waals surface area contributed by atoms with Gasteiger partial charge in [-0.25, -0.2) is 0 Å². The molecule has 0 aromatic carbocycles. The molecule has 0 unspecified atom stereocenters. The Morgan fingerprint density at radius 2 is 2.00 bits per heavy atom. The van der Waals surface area contributed by atoms with Crippen molar-refractivity contribution in [3.63, 3.8) is 0 Å². The minimum atomic E-state index is -0.569. The average molecular weight is 319 g/mol. The van der Waals surface area contributed by atoms with Crippen LogP contribution in [0.25, 0.3) is 0 Å². The number of nitrogens with one attached hydrogen (secondary N) is 1. The minimum absolute atomic E-state index is 0.0909. The second-order valence-electron chi connectivity index (χ2n) is 5.59. The topological polar surface area (TPSA) is 64.0 Å². The fourth-order valence-corrected chi connectivity index (χ4v) is 3.47. The van der Waals surface area contributed by atoms with Crippen LogP contribution < -0.4 is 5.32 Å². The zero-order valence-electron chi connectivity index (χ0n) is 13.6. The maximum atomic E-state index is 12.3. The molecule has 2 rings (SSSR count). The van der Waals surface area contributed by atoms with Crippen LogP contribution in [0.4, 0.5) is 0 Å². The number of aromatic nitrogens is 2. The Kier molecular flexibility index (Phi) is 4.81. The number of aryl methyl sites for hydroxylation is 3. The zero-order valence-corrected chi connectivity index (χ0v) is 14.4. The van der Waals surface area contributed by atoms with Gasteiger partial charge < -0.3 is 5.32 Å². The Morgan fingerprint density at radius 1 is 1.32 bits per heavy atom. The molecule has 6 heteroatoms. The van der Waals surface area contributed by atoms with E-state index in [1.165, 1.54) is 9.75 Å². The number of thiophene rings is 1. The van der Waals surface area contributed by atoms with Crippen LogP contribution in [0.15, 0.2) is 12.1 Å². The van der Waals surface area contributed by atoms with Gasteiger partial charge in [-0.05, 0) is 39.8 Å². The van der Waals surface area contributed by atoms with Crippen molar-refractivity contribution in [2.45, 2.75) is 40.2 Å². The van der Waals surface area contributed by atoms with Gasteiger partial charge in [0.1, 0.15) is 0 Å². The number of rotatable bonds is 5. The van der Waals surface area contributed by atoms with E-state index in [4.69, 9.17) is 0 Å². The molecule has 0 aliphatic heterocycles.